The zero-order chi connectivity index (χ0) is 29.3. The maximum absolute atomic E-state index is 13.1. The summed E-state index contributed by atoms with van der Waals surface area (Å²) in [6.07, 6.45) is -1.15. The molecule has 3 amide bonds. The quantitative estimate of drug-likeness (QED) is 0.139. The van der Waals surface area contributed by atoms with Crippen molar-refractivity contribution in [2.45, 2.75) is 63.7 Å². The summed E-state index contributed by atoms with van der Waals surface area (Å²) >= 11 is 0. The molecule has 2 rings (SSSR count). The van der Waals surface area contributed by atoms with Gasteiger partial charge < -0.3 is 26.8 Å². The molecule has 12 nitrogen and oxygen atoms in total. The normalized spacial score (nSPS) is 13.7. The van der Waals surface area contributed by atoms with Gasteiger partial charge in [0.05, 0.1) is 11.0 Å². The number of aliphatic hydroxyl groups excluding tert-OH is 1. The van der Waals surface area contributed by atoms with Gasteiger partial charge in [0.15, 0.2) is 0 Å². The fraction of sp³-hybridized carbons (Fsp3) is 0.385. The van der Waals surface area contributed by atoms with Crippen LogP contribution >= 0.6 is 0 Å². The summed E-state index contributed by atoms with van der Waals surface area (Å²) in [5, 5.41) is 25.5. The highest BCUT2D eigenvalue weighted by Gasteiger charge is 2.32. The second-order valence-corrected chi connectivity index (χ2v) is 11.3. The van der Waals surface area contributed by atoms with Crippen LogP contribution in [0.2, 0.25) is 0 Å². The van der Waals surface area contributed by atoms with E-state index >= 15 is 0 Å². The number of nitrogens with one attached hydrogen (secondary N) is 5. The van der Waals surface area contributed by atoms with E-state index < -0.39 is 40.0 Å². The van der Waals surface area contributed by atoms with Gasteiger partial charge in [-0.05, 0) is 49.1 Å². The predicted octanol–water partition coefficient (Wildman–Crippen LogP) is 0.804. The molecule has 3 unspecified atom stereocenters. The zero-order valence-corrected chi connectivity index (χ0v) is 23.1. The number of carbonyl (C=O) groups excluding carboxylic acids is 3. The van der Waals surface area contributed by atoms with Gasteiger partial charge in [-0.3, -0.25) is 19.8 Å². The Morgan fingerprint density at radius 2 is 1.56 bits per heavy atom. The highest BCUT2D eigenvalue weighted by molar-refractivity contribution is 7.89. The molecule has 39 heavy (non-hydrogen) atoms. The molecule has 0 aromatic heterocycles. The lowest BCUT2D eigenvalue weighted by Crippen LogP contribution is -2.57. The van der Waals surface area contributed by atoms with Crippen molar-refractivity contribution < 1.29 is 27.9 Å². The van der Waals surface area contributed by atoms with E-state index in [1.54, 1.807) is 24.3 Å². The number of aliphatic hydroxyl groups is 1. The number of amides is 3. The van der Waals surface area contributed by atoms with Crippen LogP contribution in [-0.2, 0) is 31.0 Å². The van der Waals surface area contributed by atoms with Crippen molar-refractivity contribution in [3.8, 4) is 0 Å². The molecule has 0 heterocycles. The summed E-state index contributed by atoms with van der Waals surface area (Å²) in [6, 6.07) is 9.47. The monoisotopic (exact) mass is 560 g/mol. The number of hydrogen-bond donors (Lipinski definition) is 7. The fourth-order valence-electron chi connectivity index (χ4n) is 3.61. The lowest BCUT2D eigenvalue weighted by atomic mass is 10.0. The molecule has 0 saturated heterocycles. The molecule has 0 saturated carbocycles. The summed E-state index contributed by atoms with van der Waals surface area (Å²) in [5.41, 5.74) is 7.15. The Morgan fingerprint density at radius 1 is 0.974 bits per heavy atom. The van der Waals surface area contributed by atoms with Crippen LogP contribution in [0.4, 0.5) is 5.69 Å². The molecule has 0 aliphatic heterocycles. The maximum Gasteiger partial charge on any atom is 0.242 e. The average Bonchev–Trinajstić information content (AvgIpc) is 2.85. The Hall–Kier alpha value is -3.81. The van der Waals surface area contributed by atoms with Gasteiger partial charge in [0.1, 0.15) is 17.9 Å². The number of sulfonamides is 1. The van der Waals surface area contributed by atoms with E-state index in [1.807, 2.05) is 13.8 Å². The molecular formula is C26H36N6O6S. The van der Waals surface area contributed by atoms with E-state index in [4.69, 9.17) is 11.1 Å². The van der Waals surface area contributed by atoms with Gasteiger partial charge in [-0.15, -0.1) is 0 Å². The number of hydrogen-bond acceptors (Lipinski definition) is 7. The lowest BCUT2D eigenvalue weighted by molar-refractivity contribution is -0.131. The van der Waals surface area contributed by atoms with Gasteiger partial charge in [0.2, 0.25) is 27.7 Å². The van der Waals surface area contributed by atoms with E-state index in [0.29, 0.717) is 11.3 Å². The minimum Gasteiger partial charge on any atom is -0.391 e. The fourth-order valence-corrected chi connectivity index (χ4v) is 4.87. The van der Waals surface area contributed by atoms with Crippen molar-refractivity contribution in [1.82, 2.24) is 15.4 Å². The third-order valence-electron chi connectivity index (χ3n) is 5.60. The molecule has 0 fully saturated rings. The van der Waals surface area contributed by atoms with Crippen molar-refractivity contribution in [3.05, 3.63) is 59.7 Å². The molecule has 8 N–H and O–H groups in total. The van der Waals surface area contributed by atoms with Crippen LogP contribution in [0.3, 0.4) is 0 Å². The molecule has 0 spiro atoms. The lowest BCUT2D eigenvalue weighted by Gasteiger charge is -2.25. The first-order valence-corrected chi connectivity index (χ1v) is 13.8. The largest absolute Gasteiger partial charge is 0.391 e. The van der Waals surface area contributed by atoms with Gasteiger partial charge in [-0.2, -0.15) is 4.72 Å². The summed E-state index contributed by atoms with van der Waals surface area (Å²) in [4.78, 5) is 37.1. The van der Waals surface area contributed by atoms with Crippen LogP contribution in [0, 0.1) is 11.3 Å². The molecule has 13 heteroatoms. The van der Waals surface area contributed by atoms with Gasteiger partial charge in [-0.1, -0.05) is 38.1 Å². The van der Waals surface area contributed by atoms with Gasteiger partial charge in [-0.25, -0.2) is 8.42 Å². The average molecular weight is 561 g/mol. The first kappa shape index (κ1) is 31.4. The highest BCUT2D eigenvalue weighted by atomic mass is 32.2. The van der Waals surface area contributed by atoms with Crippen LogP contribution in [0.5, 0.6) is 0 Å². The summed E-state index contributed by atoms with van der Waals surface area (Å²) in [7, 11) is -4.24. The summed E-state index contributed by atoms with van der Waals surface area (Å²) in [6.45, 7) is 6.47. The molecule has 0 aliphatic carbocycles. The second-order valence-electron chi connectivity index (χ2n) is 9.56. The van der Waals surface area contributed by atoms with Crippen LogP contribution < -0.4 is 26.4 Å². The van der Waals surface area contributed by atoms with Crippen molar-refractivity contribution in [2.24, 2.45) is 11.7 Å². The molecular weight excluding hydrogens is 524 g/mol. The Labute approximate surface area is 228 Å². The van der Waals surface area contributed by atoms with E-state index in [0.717, 1.165) is 5.56 Å². The first-order valence-electron chi connectivity index (χ1n) is 12.3. The minimum atomic E-state index is -4.24. The van der Waals surface area contributed by atoms with E-state index in [1.165, 1.54) is 38.1 Å². The number of anilines is 1. The number of rotatable bonds is 13. The number of nitrogens with two attached hydrogens (primary N) is 1. The Balaban J connectivity index is 2.13. The number of nitrogen functional groups attached to an aromatic ring is 1. The van der Waals surface area contributed by atoms with Crippen LogP contribution in [-0.4, -0.2) is 55.3 Å². The van der Waals surface area contributed by atoms with Crippen molar-refractivity contribution in [3.63, 3.8) is 0 Å². The Kier molecular flexibility index (Phi) is 11.1. The number of carbonyl (C=O) groups is 3. The molecule has 2 aromatic rings. The molecule has 0 bridgehead atoms. The van der Waals surface area contributed by atoms with Crippen molar-refractivity contribution in [1.29, 1.82) is 5.41 Å². The van der Waals surface area contributed by atoms with Crippen LogP contribution in [0.25, 0.3) is 0 Å². The molecule has 0 radical (unpaired) electrons. The predicted molar refractivity (Wildman–Crippen MR) is 147 cm³/mol. The Morgan fingerprint density at radius 3 is 2.05 bits per heavy atom. The summed E-state index contributed by atoms with van der Waals surface area (Å²) < 4.78 is 28.0. The zero-order valence-electron chi connectivity index (χ0n) is 22.3. The van der Waals surface area contributed by atoms with Crippen molar-refractivity contribution in [2.75, 3.05) is 5.32 Å². The third kappa shape index (κ3) is 9.78. The molecule has 3 atom stereocenters. The summed E-state index contributed by atoms with van der Waals surface area (Å²) in [5.74, 6) is -1.72. The second kappa shape index (κ2) is 13.8. The minimum absolute atomic E-state index is 0.0136. The van der Waals surface area contributed by atoms with Gasteiger partial charge in [0.25, 0.3) is 0 Å². The van der Waals surface area contributed by atoms with Crippen LogP contribution in [0.15, 0.2) is 53.4 Å². The van der Waals surface area contributed by atoms with E-state index in [-0.39, 0.29) is 35.5 Å². The number of benzene rings is 2. The topological polar surface area (TPSA) is 204 Å². The standard InChI is InChI=1S/C26H36N6O6S/c1-15(2)13-22(25(35)29-14-18-5-7-19(8-6-18)24(27)28)31-26(36)23(16(3)33)32-39(37,38)21-11-9-20(10-12-21)30-17(4)34/h5-12,15-16,22-23,32-33H,13-14H2,1-4H3,(H3,27,28)(H,29,35)(H,30,34)(H,31,36). The molecule has 2 aromatic carbocycles. The highest BCUT2D eigenvalue weighted by Crippen LogP contribution is 2.15. The van der Waals surface area contributed by atoms with Gasteiger partial charge >= 0.3 is 0 Å². The van der Waals surface area contributed by atoms with E-state index in [2.05, 4.69) is 20.7 Å². The smallest absolute Gasteiger partial charge is 0.242 e. The maximum atomic E-state index is 13.1. The SMILES string of the molecule is CC(=O)Nc1ccc(S(=O)(=O)NC(C(=O)NC(CC(C)C)C(=O)NCc2ccc(C(=N)N)cc2)C(C)O)cc1. The Bertz CT molecular complexity index is 1280. The molecule has 0 aliphatic rings. The van der Waals surface area contributed by atoms with Crippen molar-refractivity contribution >= 4 is 39.3 Å². The molecule has 212 valence electrons. The third-order valence-corrected chi connectivity index (χ3v) is 7.06. The first-order chi connectivity index (χ1) is 18.2. The van der Waals surface area contributed by atoms with Gasteiger partial charge in [0, 0.05) is 24.7 Å². The van der Waals surface area contributed by atoms with Crippen LogP contribution in [0.1, 0.15) is 45.2 Å². The number of amidine groups is 1. The van der Waals surface area contributed by atoms with E-state index in [9.17, 15) is 27.9 Å².